The molecule has 0 bridgehead atoms. The number of para-hydroxylation sites is 4. The zero-order valence-corrected chi connectivity index (χ0v) is 35.0. The lowest BCUT2D eigenvalue weighted by Crippen LogP contribution is -2.15. The van der Waals surface area contributed by atoms with E-state index in [4.69, 9.17) is 4.98 Å². The van der Waals surface area contributed by atoms with E-state index in [1.54, 1.807) is 0 Å². The lowest BCUT2D eigenvalue weighted by molar-refractivity contribution is 1.17. The highest BCUT2D eigenvalue weighted by molar-refractivity contribution is 8.00. The molecule has 13 rings (SSSR count). The van der Waals surface area contributed by atoms with Crippen LogP contribution in [0, 0.1) is 0 Å². The third-order valence-corrected chi connectivity index (χ3v) is 14.7. The molecule has 0 aliphatic carbocycles. The Labute approximate surface area is 367 Å². The summed E-state index contributed by atoms with van der Waals surface area (Å²) in [4.78, 5) is 15.1. The van der Waals surface area contributed by atoms with E-state index in [-0.39, 0.29) is 0 Å². The van der Waals surface area contributed by atoms with Crippen LogP contribution < -0.4 is 9.80 Å². The molecule has 62 heavy (non-hydrogen) atoms. The van der Waals surface area contributed by atoms with Gasteiger partial charge in [0, 0.05) is 48.1 Å². The van der Waals surface area contributed by atoms with Crippen LogP contribution in [-0.2, 0) is 0 Å². The molecule has 3 heterocycles. The average molecular weight is 826 g/mol. The molecule has 1 aromatic heterocycles. The quantitative estimate of drug-likeness (QED) is 0.164. The first-order chi connectivity index (χ1) is 30.7. The van der Waals surface area contributed by atoms with E-state index in [1.165, 1.54) is 80.4 Å². The van der Waals surface area contributed by atoms with Crippen molar-refractivity contribution >= 4 is 101 Å². The van der Waals surface area contributed by atoms with Gasteiger partial charge in [-0.3, -0.25) is 4.98 Å². The van der Waals surface area contributed by atoms with Crippen molar-refractivity contribution < 1.29 is 0 Å². The van der Waals surface area contributed by atoms with Gasteiger partial charge >= 0.3 is 0 Å². The molecule has 0 saturated heterocycles. The van der Waals surface area contributed by atoms with Gasteiger partial charge in [0.25, 0.3) is 0 Å². The number of rotatable bonds is 4. The molecule has 0 unspecified atom stereocenters. The van der Waals surface area contributed by atoms with Gasteiger partial charge in [-0.1, -0.05) is 145 Å². The Morgan fingerprint density at radius 1 is 0.323 bits per heavy atom. The van der Waals surface area contributed by atoms with Crippen LogP contribution in [0.5, 0.6) is 0 Å². The predicted molar refractivity (Wildman–Crippen MR) is 263 cm³/mol. The van der Waals surface area contributed by atoms with Gasteiger partial charge in [-0.05, 0) is 134 Å². The molecule has 10 aromatic carbocycles. The number of hydrogen-bond donors (Lipinski definition) is 0. The topological polar surface area (TPSA) is 19.4 Å². The molecule has 3 nitrogen and oxygen atoms in total. The summed E-state index contributed by atoms with van der Waals surface area (Å²) in [5.41, 5.74) is 11.5. The molecular formula is C57H35N3S2. The molecule has 0 atom stereocenters. The van der Waals surface area contributed by atoms with Crippen LogP contribution in [0.2, 0.25) is 0 Å². The first kappa shape index (κ1) is 35.4. The molecule has 11 aromatic rings. The fraction of sp³-hybridized carbons (Fsp3) is 0. The Balaban J connectivity index is 1.16. The van der Waals surface area contributed by atoms with Crippen molar-refractivity contribution in [3.63, 3.8) is 0 Å². The third kappa shape index (κ3) is 5.52. The molecule has 0 spiro atoms. The second-order valence-electron chi connectivity index (χ2n) is 15.9. The zero-order chi connectivity index (χ0) is 40.7. The largest absolute Gasteiger partial charge is 0.308 e. The smallest absolute Gasteiger partial charge is 0.0792 e. The monoisotopic (exact) mass is 825 g/mol. The Kier molecular flexibility index (Phi) is 8.08. The van der Waals surface area contributed by atoms with E-state index in [0.29, 0.717) is 0 Å². The van der Waals surface area contributed by atoms with Gasteiger partial charge in [0.1, 0.15) is 0 Å². The molecule has 0 radical (unpaired) electrons. The predicted octanol–water partition coefficient (Wildman–Crippen LogP) is 16.9. The number of aromatic nitrogens is 1. The Bertz CT molecular complexity index is 3540. The fourth-order valence-electron chi connectivity index (χ4n) is 9.68. The first-order valence-corrected chi connectivity index (χ1v) is 22.6. The van der Waals surface area contributed by atoms with Gasteiger partial charge in [0.15, 0.2) is 0 Å². The van der Waals surface area contributed by atoms with Crippen molar-refractivity contribution in [2.75, 3.05) is 9.80 Å². The van der Waals surface area contributed by atoms with Gasteiger partial charge in [-0.15, -0.1) is 0 Å². The Morgan fingerprint density at radius 2 is 0.790 bits per heavy atom. The number of anilines is 6. The number of pyridine rings is 1. The van der Waals surface area contributed by atoms with E-state index in [9.17, 15) is 0 Å². The van der Waals surface area contributed by atoms with Crippen molar-refractivity contribution in [3.05, 3.63) is 212 Å². The van der Waals surface area contributed by atoms with Gasteiger partial charge in [-0.2, -0.15) is 0 Å². The van der Waals surface area contributed by atoms with Crippen molar-refractivity contribution in [1.82, 2.24) is 4.98 Å². The number of hydrogen-bond acceptors (Lipinski definition) is 5. The molecule has 2 aliphatic rings. The molecule has 290 valence electrons. The minimum atomic E-state index is 0.980. The normalized spacial score (nSPS) is 13.0. The van der Waals surface area contributed by atoms with E-state index in [0.717, 1.165) is 38.8 Å². The van der Waals surface area contributed by atoms with Crippen molar-refractivity contribution in [2.24, 2.45) is 0 Å². The molecule has 2 aliphatic heterocycles. The Hall–Kier alpha value is -7.31. The summed E-state index contributed by atoms with van der Waals surface area (Å²) in [5, 5.41) is 9.42. The summed E-state index contributed by atoms with van der Waals surface area (Å²) in [6.45, 7) is 0. The zero-order valence-electron chi connectivity index (χ0n) is 33.4. The maximum atomic E-state index is 5.28. The van der Waals surface area contributed by atoms with Crippen LogP contribution in [0.15, 0.2) is 232 Å². The summed E-state index contributed by atoms with van der Waals surface area (Å²) < 4.78 is 0. The van der Waals surface area contributed by atoms with Crippen molar-refractivity contribution in [2.45, 2.75) is 19.6 Å². The van der Waals surface area contributed by atoms with E-state index >= 15 is 0 Å². The SMILES string of the molecule is c1ccc2c(c1)Sc1ccccc1N2c1ccc2c(-c3nccc4ccccc34)c3cc(N4c5ccccc5Sc5ccccc54)ccc3c(-c3ccc4ccccc4c3)c2c1. The van der Waals surface area contributed by atoms with E-state index in [2.05, 4.69) is 216 Å². The molecular weight excluding hydrogens is 791 g/mol. The standard InChI is InChI=1S/C57H35N3S2/c1-2-15-38-33-39(26-25-36(38)13-1)55-43-29-27-41(60-49-19-7-11-23-53(49)62-54-24-12-8-20-50(54)60)35-46(43)56(57-42-16-4-3-14-37(42)31-32-58-57)44-30-28-40(34-45(44)55)59-47-17-5-9-21-51(47)61-52-22-10-6-18-48(52)59/h1-35H. The van der Waals surface area contributed by atoms with Crippen molar-refractivity contribution in [3.8, 4) is 22.4 Å². The maximum Gasteiger partial charge on any atom is 0.0792 e. The van der Waals surface area contributed by atoms with Gasteiger partial charge in [0.2, 0.25) is 0 Å². The highest BCUT2D eigenvalue weighted by Crippen LogP contribution is 2.55. The summed E-state index contributed by atoms with van der Waals surface area (Å²) in [6, 6.07) is 75.7. The first-order valence-electron chi connectivity index (χ1n) is 20.9. The van der Waals surface area contributed by atoms with Crippen LogP contribution in [0.25, 0.3) is 65.5 Å². The number of benzene rings is 10. The third-order valence-electron chi connectivity index (χ3n) is 12.4. The van der Waals surface area contributed by atoms with Crippen LogP contribution in [0.1, 0.15) is 0 Å². The second-order valence-corrected chi connectivity index (χ2v) is 18.1. The van der Waals surface area contributed by atoms with Gasteiger partial charge in [-0.25, -0.2) is 0 Å². The van der Waals surface area contributed by atoms with Crippen molar-refractivity contribution in [1.29, 1.82) is 0 Å². The van der Waals surface area contributed by atoms with Crippen LogP contribution >= 0.6 is 23.5 Å². The second kappa shape index (κ2) is 14.1. The van der Waals surface area contributed by atoms with Crippen LogP contribution in [-0.4, -0.2) is 4.98 Å². The van der Waals surface area contributed by atoms with E-state index < -0.39 is 0 Å². The Morgan fingerprint density at radius 3 is 1.37 bits per heavy atom. The molecule has 0 saturated carbocycles. The number of nitrogens with zero attached hydrogens (tertiary/aromatic N) is 3. The summed E-state index contributed by atoms with van der Waals surface area (Å²) in [7, 11) is 0. The molecule has 0 amide bonds. The average Bonchev–Trinajstić information content (AvgIpc) is 3.33. The maximum absolute atomic E-state index is 5.28. The minimum Gasteiger partial charge on any atom is -0.308 e. The van der Waals surface area contributed by atoms with E-state index in [1.807, 2.05) is 29.7 Å². The van der Waals surface area contributed by atoms with Gasteiger partial charge < -0.3 is 9.80 Å². The minimum absolute atomic E-state index is 0.980. The molecule has 0 fully saturated rings. The molecule has 5 heteroatoms. The summed E-state index contributed by atoms with van der Waals surface area (Å²) in [5.74, 6) is 0. The lowest BCUT2D eigenvalue weighted by atomic mass is 9.85. The van der Waals surface area contributed by atoms with Gasteiger partial charge in [0.05, 0.1) is 28.4 Å². The summed E-state index contributed by atoms with van der Waals surface area (Å²) >= 11 is 3.67. The summed E-state index contributed by atoms with van der Waals surface area (Å²) in [6.07, 6.45) is 1.97. The highest BCUT2D eigenvalue weighted by atomic mass is 32.2. The lowest BCUT2D eigenvalue weighted by Gasteiger charge is -2.33. The molecule has 0 N–H and O–H groups in total. The number of fused-ring (bicyclic) bond motifs is 8. The van der Waals surface area contributed by atoms with Crippen LogP contribution in [0.4, 0.5) is 34.1 Å². The highest BCUT2D eigenvalue weighted by Gasteiger charge is 2.28. The fourth-order valence-corrected chi connectivity index (χ4v) is 11.8. The van der Waals surface area contributed by atoms with Crippen LogP contribution in [0.3, 0.4) is 0 Å².